The third kappa shape index (κ3) is 13.6. The first-order valence-corrected chi connectivity index (χ1v) is 17.3. The Morgan fingerprint density at radius 2 is 1.50 bits per heavy atom. The highest BCUT2D eigenvalue weighted by Gasteiger charge is 2.53. The topological polar surface area (TPSA) is 211 Å². The van der Waals surface area contributed by atoms with Gasteiger partial charge in [0.25, 0.3) is 10.1 Å². The average molecular weight is 691 g/mol. The zero-order valence-electron chi connectivity index (χ0n) is 29.3. The van der Waals surface area contributed by atoms with Crippen molar-refractivity contribution in [2.24, 2.45) is 40.7 Å². The van der Waals surface area contributed by atoms with Crippen LogP contribution in [0, 0.1) is 36.0 Å². The lowest BCUT2D eigenvalue weighted by molar-refractivity contribution is -0.152. The number of hydroxylamine groups is 1. The van der Waals surface area contributed by atoms with Gasteiger partial charge in [0, 0.05) is 0 Å². The molecule has 0 aliphatic carbocycles. The Bertz CT molecular complexity index is 1460. The molecule has 0 spiro atoms. The molecule has 0 aliphatic rings. The van der Waals surface area contributed by atoms with Crippen LogP contribution in [0.3, 0.4) is 0 Å². The van der Waals surface area contributed by atoms with E-state index in [9.17, 15) is 28.0 Å². The molecule has 12 nitrogen and oxygen atoms in total. The Morgan fingerprint density at radius 1 is 0.938 bits per heavy atom. The van der Waals surface area contributed by atoms with Gasteiger partial charge < -0.3 is 10.5 Å². The molecule has 0 aliphatic heterocycles. The molecule has 0 saturated heterocycles. The van der Waals surface area contributed by atoms with Crippen LogP contribution in [0.15, 0.2) is 65.6 Å². The zero-order valence-corrected chi connectivity index (χ0v) is 30.1. The smallest absolute Gasteiger partial charge is 0.294 e. The van der Waals surface area contributed by atoms with E-state index >= 15 is 0 Å². The minimum absolute atomic E-state index is 0.0147. The Balaban J connectivity index is 0.000000879. The Hall–Kier alpha value is -3.46. The molecule has 2 aromatic carbocycles. The molecule has 2 amide bonds. The molecule has 4 atom stereocenters. The van der Waals surface area contributed by atoms with Crippen LogP contribution < -0.4 is 22.5 Å². The highest BCUT2D eigenvalue weighted by molar-refractivity contribution is 7.85. The minimum atomic E-state index is -4.02. The predicted molar refractivity (Wildman–Crippen MR) is 186 cm³/mol. The van der Waals surface area contributed by atoms with Crippen LogP contribution in [0.2, 0.25) is 0 Å². The highest BCUT2D eigenvalue weighted by atomic mass is 32.2. The van der Waals surface area contributed by atoms with Crippen molar-refractivity contribution >= 4 is 33.8 Å². The van der Waals surface area contributed by atoms with E-state index in [0.717, 1.165) is 11.1 Å². The summed E-state index contributed by atoms with van der Waals surface area (Å²) in [6, 6.07) is 14.2. The van der Waals surface area contributed by atoms with Crippen molar-refractivity contribution < 1.29 is 37.3 Å². The molecular weight excluding hydrogens is 636 g/mol. The number of hydrazine groups is 1. The highest BCUT2D eigenvalue weighted by Crippen LogP contribution is 2.45. The van der Waals surface area contributed by atoms with Gasteiger partial charge in [-0.1, -0.05) is 87.9 Å². The Kier molecular flexibility index (Phi) is 16.8. The van der Waals surface area contributed by atoms with E-state index in [1.165, 1.54) is 12.1 Å². The summed E-state index contributed by atoms with van der Waals surface area (Å²) in [5.74, 6) is 1.22. The van der Waals surface area contributed by atoms with Gasteiger partial charge in [-0.15, -0.1) is 0 Å². The summed E-state index contributed by atoms with van der Waals surface area (Å²) in [5, 5.41) is 9.80. The number of Topliss-reactive ketones (excluding diaryl/α,β-unsaturated/α-hetero) is 1. The van der Waals surface area contributed by atoms with Gasteiger partial charge in [0.2, 0.25) is 11.8 Å². The SMILES string of the molecule is CC(C)C[C@@H](C(=O)NN)[C@H](C(=O)NO)C(/C=C/c1ccccc1)(CC(C)C)C(=O)[C@H](N)COC(C)(C)C.Cc1ccc(S(=O)(=O)O)cc1. The Morgan fingerprint density at radius 3 is 1.94 bits per heavy atom. The largest absolute Gasteiger partial charge is 0.374 e. The van der Waals surface area contributed by atoms with E-state index in [1.54, 1.807) is 29.8 Å². The predicted octanol–water partition coefficient (Wildman–Crippen LogP) is 4.46. The first-order chi connectivity index (χ1) is 22.2. The van der Waals surface area contributed by atoms with Crippen LogP contribution in [-0.2, 0) is 29.2 Å². The molecule has 0 radical (unpaired) electrons. The van der Waals surface area contributed by atoms with Crippen LogP contribution in [0.1, 0.15) is 72.4 Å². The summed E-state index contributed by atoms with van der Waals surface area (Å²) in [5.41, 5.74) is 9.94. The van der Waals surface area contributed by atoms with Gasteiger partial charge in [-0.25, -0.2) is 11.3 Å². The fourth-order valence-corrected chi connectivity index (χ4v) is 5.92. The lowest BCUT2D eigenvalue weighted by Gasteiger charge is -2.42. The quantitative estimate of drug-likeness (QED) is 0.0508. The fourth-order valence-electron chi connectivity index (χ4n) is 5.44. The second-order valence-electron chi connectivity index (χ2n) is 13.8. The maximum Gasteiger partial charge on any atom is 0.294 e. The van der Waals surface area contributed by atoms with Gasteiger partial charge in [-0.2, -0.15) is 8.42 Å². The van der Waals surface area contributed by atoms with Gasteiger partial charge in [0.15, 0.2) is 5.78 Å². The van der Waals surface area contributed by atoms with Gasteiger partial charge in [-0.05, 0) is 70.1 Å². The number of carbonyl (C=O) groups is 3. The normalized spacial score (nSPS) is 15.2. The van der Waals surface area contributed by atoms with E-state index in [-0.39, 0.29) is 36.2 Å². The number of ketones is 1. The van der Waals surface area contributed by atoms with E-state index < -0.39 is 56.6 Å². The van der Waals surface area contributed by atoms with Crippen molar-refractivity contribution in [3.05, 3.63) is 71.8 Å². The number of nitrogens with two attached hydrogens (primary N) is 2. The number of hydrogen-bond donors (Lipinski definition) is 6. The van der Waals surface area contributed by atoms with Crippen molar-refractivity contribution in [1.29, 1.82) is 0 Å². The van der Waals surface area contributed by atoms with Crippen LogP contribution in [0.5, 0.6) is 0 Å². The number of benzene rings is 2. The second-order valence-corrected chi connectivity index (χ2v) is 15.2. The summed E-state index contributed by atoms with van der Waals surface area (Å²) in [4.78, 5) is 40.7. The molecule has 8 N–H and O–H groups in total. The summed E-state index contributed by atoms with van der Waals surface area (Å²) in [6.45, 7) is 15.0. The minimum Gasteiger partial charge on any atom is -0.374 e. The fraction of sp³-hybridized carbons (Fsp3) is 0.514. The molecule has 0 bridgehead atoms. The van der Waals surface area contributed by atoms with Crippen molar-refractivity contribution in [2.45, 2.75) is 84.8 Å². The van der Waals surface area contributed by atoms with Crippen LogP contribution in [-0.4, -0.2) is 54.0 Å². The second kappa shape index (κ2) is 18.9. The van der Waals surface area contributed by atoms with Crippen molar-refractivity contribution in [3.8, 4) is 0 Å². The van der Waals surface area contributed by atoms with Gasteiger partial charge >= 0.3 is 0 Å². The van der Waals surface area contributed by atoms with Gasteiger partial charge in [-0.3, -0.25) is 29.6 Å². The zero-order chi connectivity index (χ0) is 36.9. The average Bonchev–Trinajstić information content (AvgIpc) is 3.00. The molecule has 48 heavy (non-hydrogen) atoms. The monoisotopic (exact) mass is 690 g/mol. The lowest BCUT2D eigenvalue weighted by Crippen LogP contribution is -2.57. The number of nitrogens with one attached hydrogen (secondary N) is 2. The maximum absolute atomic E-state index is 14.3. The number of aryl methyl sites for hydroxylation is 1. The number of ether oxygens (including phenoxy) is 1. The molecule has 13 heteroatoms. The Labute approximate surface area is 285 Å². The lowest BCUT2D eigenvalue weighted by atomic mass is 9.60. The number of rotatable bonds is 15. The number of hydrogen-bond acceptors (Lipinski definition) is 9. The van der Waals surface area contributed by atoms with E-state index in [2.05, 4.69) is 5.43 Å². The third-order valence-electron chi connectivity index (χ3n) is 7.48. The molecule has 268 valence electrons. The van der Waals surface area contributed by atoms with Gasteiger partial charge in [0.05, 0.1) is 40.4 Å². The van der Waals surface area contributed by atoms with E-state index in [0.29, 0.717) is 0 Å². The molecule has 0 fully saturated rings. The molecule has 2 aromatic rings. The van der Waals surface area contributed by atoms with Crippen molar-refractivity contribution in [3.63, 3.8) is 0 Å². The molecule has 0 aromatic heterocycles. The maximum atomic E-state index is 14.3. The number of amides is 2. The molecule has 0 heterocycles. The first-order valence-electron chi connectivity index (χ1n) is 15.8. The number of allylic oxidation sites excluding steroid dienone is 1. The summed E-state index contributed by atoms with van der Waals surface area (Å²) in [7, 11) is -4.02. The molecule has 0 saturated carbocycles. The molecule has 1 unspecified atom stereocenters. The van der Waals surface area contributed by atoms with E-state index in [1.807, 2.05) is 85.7 Å². The summed E-state index contributed by atoms with van der Waals surface area (Å²) in [6.07, 6.45) is 3.87. The first kappa shape index (κ1) is 42.6. The standard InChI is InChI=1S/C28H46N4O5.C7H8O3S/c1-18(2)15-21(25(34)31-30)23(26(35)32-36)28(16-19(3)4,14-13-20-11-9-8-10-12-20)24(33)22(29)17-37-27(5,6)7;1-6-2-4-7(5-3-6)11(8,9)10/h8-14,18-19,21-23,36H,15-17,29-30H2,1-7H3,(H,31,34)(H,32,35);2-5H,1H3,(H,8,9,10)/b14-13+;/t21-,22-,23-,28?;/m1./s1. The van der Waals surface area contributed by atoms with E-state index in [4.69, 9.17) is 20.9 Å². The van der Waals surface area contributed by atoms with Crippen LogP contribution in [0.25, 0.3) is 6.08 Å². The van der Waals surface area contributed by atoms with Crippen molar-refractivity contribution in [2.75, 3.05) is 6.61 Å². The van der Waals surface area contributed by atoms with Crippen molar-refractivity contribution in [1.82, 2.24) is 10.9 Å². The third-order valence-corrected chi connectivity index (χ3v) is 8.35. The van der Waals surface area contributed by atoms with Crippen LogP contribution in [0.4, 0.5) is 0 Å². The van der Waals surface area contributed by atoms with Crippen LogP contribution >= 0.6 is 0 Å². The summed E-state index contributed by atoms with van der Waals surface area (Å²) < 4.78 is 35.4. The van der Waals surface area contributed by atoms with Gasteiger partial charge in [0.1, 0.15) is 0 Å². The number of carbonyl (C=O) groups excluding carboxylic acids is 3. The summed E-state index contributed by atoms with van der Waals surface area (Å²) >= 11 is 0. The molecular formula is C35H54N4O8S. The molecule has 2 rings (SSSR count).